The minimum absolute atomic E-state index is 0.162. The Morgan fingerprint density at radius 1 is 0.431 bits per heavy atom. The van der Waals surface area contributed by atoms with E-state index in [1.54, 1.807) is 0 Å². The Kier molecular flexibility index (Phi) is 6.56. The summed E-state index contributed by atoms with van der Waals surface area (Å²) in [4.78, 5) is 2.42. The Morgan fingerprint density at radius 2 is 1.06 bits per heavy atom. The number of fused-ring (bicyclic) bond motifs is 7. The van der Waals surface area contributed by atoms with E-state index in [0.29, 0.717) is 0 Å². The van der Waals surface area contributed by atoms with Crippen LogP contribution in [-0.2, 0) is 5.41 Å². The molecule has 0 aliphatic heterocycles. The van der Waals surface area contributed by atoms with Gasteiger partial charge < -0.3 is 9.32 Å². The first-order valence-corrected chi connectivity index (χ1v) is 17.7. The van der Waals surface area contributed by atoms with Gasteiger partial charge in [-0.15, -0.1) is 0 Å². The first-order valence-electron chi connectivity index (χ1n) is 17.7. The molecule has 0 amide bonds. The monoisotopic (exact) mass is 653 g/mol. The molecule has 0 saturated heterocycles. The average molecular weight is 654 g/mol. The average Bonchev–Trinajstić information content (AvgIpc) is 3.67. The molecule has 8 aromatic carbocycles. The number of hydrogen-bond donors (Lipinski definition) is 0. The third-order valence-corrected chi connectivity index (χ3v) is 10.9. The normalized spacial score (nSPS) is 13.1. The third kappa shape index (κ3) is 4.64. The summed E-state index contributed by atoms with van der Waals surface area (Å²) in [5.41, 5.74) is 15.1. The standard InChI is InChI=1S/C49H35NO/c1-49(2)44-30-35(32-12-4-3-5-13-32)24-28-40(44)41-29-27-37(31-45(41)49)50(46-20-10-15-33-14-6-7-16-38(33)46)36-25-22-34(23-26-36)39-18-11-19-43-42-17-8-9-21-47(42)51-48(39)43/h3-31H,1-2H3. The van der Waals surface area contributed by atoms with Crippen molar-refractivity contribution in [1.29, 1.82) is 0 Å². The molecule has 0 bridgehead atoms. The van der Waals surface area contributed by atoms with Crippen molar-refractivity contribution in [2.45, 2.75) is 19.3 Å². The van der Waals surface area contributed by atoms with Gasteiger partial charge in [0.25, 0.3) is 0 Å². The Balaban J connectivity index is 1.11. The maximum absolute atomic E-state index is 6.41. The maximum Gasteiger partial charge on any atom is 0.143 e. The van der Waals surface area contributed by atoms with Crippen molar-refractivity contribution in [1.82, 2.24) is 0 Å². The minimum atomic E-state index is -0.162. The van der Waals surface area contributed by atoms with Crippen LogP contribution < -0.4 is 4.90 Å². The summed E-state index contributed by atoms with van der Waals surface area (Å²) in [7, 11) is 0. The first kappa shape index (κ1) is 29.5. The van der Waals surface area contributed by atoms with Crippen LogP contribution in [0.15, 0.2) is 180 Å². The Bertz CT molecular complexity index is 2770. The molecular weight excluding hydrogens is 619 g/mol. The molecule has 2 heteroatoms. The molecule has 0 saturated carbocycles. The molecule has 51 heavy (non-hydrogen) atoms. The first-order chi connectivity index (χ1) is 25.0. The predicted molar refractivity (Wildman–Crippen MR) is 214 cm³/mol. The number of nitrogens with zero attached hydrogens (tertiary/aromatic N) is 1. The zero-order valence-electron chi connectivity index (χ0n) is 28.6. The van der Waals surface area contributed by atoms with E-state index in [1.165, 1.54) is 44.2 Å². The molecule has 1 aromatic heterocycles. The van der Waals surface area contributed by atoms with E-state index >= 15 is 0 Å². The van der Waals surface area contributed by atoms with Crippen molar-refractivity contribution in [2.75, 3.05) is 4.90 Å². The van der Waals surface area contributed by atoms with Crippen LogP contribution in [0.3, 0.4) is 0 Å². The summed E-state index contributed by atoms with van der Waals surface area (Å²) in [6.45, 7) is 4.73. The lowest BCUT2D eigenvalue weighted by atomic mass is 9.81. The number of rotatable bonds is 5. The Hall–Kier alpha value is -6.38. The van der Waals surface area contributed by atoms with Gasteiger partial charge in [-0.05, 0) is 86.8 Å². The maximum atomic E-state index is 6.41. The summed E-state index contributed by atoms with van der Waals surface area (Å²) in [5.74, 6) is 0. The molecule has 0 N–H and O–H groups in total. The van der Waals surface area contributed by atoms with Crippen LogP contribution in [-0.4, -0.2) is 0 Å². The van der Waals surface area contributed by atoms with Crippen LogP contribution in [0.5, 0.6) is 0 Å². The van der Waals surface area contributed by atoms with E-state index in [0.717, 1.165) is 50.1 Å². The SMILES string of the molecule is CC1(C)c2cc(-c3ccccc3)ccc2-c2ccc(N(c3ccc(-c4cccc5c4oc4ccccc45)cc3)c3cccc4ccccc34)cc21. The van der Waals surface area contributed by atoms with Gasteiger partial charge in [0.2, 0.25) is 0 Å². The smallest absolute Gasteiger partial charge is 0.143 e. The molecule has 0 radical (unpaired) electrons. The third-order valence-electron chi connectivity index (χ3n) is 10.9. The Morgan fingerprint density at radius 3 is 1.90 bits per heavy atom. The molecule has 10 rings (SSSR count). The molecule has 2 nitrogen and oxygen atoms in total. The highest BCUT2D eigenvalue weighted by Crippen LogP contribution is 2.52. The molecule has 1 aliphatic rings. The second-order valence-corrected chi connectivity index (χ2v) is 14.1. The summed E-state index contributed by atoms with van der Waals surface area (Å²) < 4.78 is 6.41. The van der Waals surface area contributed by atoms with Gasteiger partial charge in [-0.25, -0.2) is 0 Å². The number of hydrogen-bond acceptors (Lipinski definition) is 2. The van der Waals surface area contributed by atoms with Gasteiger partial charge in [0.1, 0.15) is 11.2 Å². The largest absolute Gasteiger partial charge is 0.455 e. The highest BCUT2D eigenvalue weighted by molar-refractivity contribution is 6.09. The van der Waals surface area contributed by atoms with Gasteiger partial charge in [-0.1, -0.05) is 147 Å². The van der Waals surface area contributed by atoms with Crippen molar-refractivity contribution in [3.05, 3.63) is 187 Å². The molecule has 9 aromatic rings. The van der Waals surface area contributed by atoms with Gasteiger partial charge >= 0.3 is 0 Å². The van der Waals surface area contributed by atoms with Crippen molar-refractivity contribution in [2.24, 2.45) is 0 Å². The summed E-state index contributed by atoms with van der Waals surface area (Å²) in [6, 6.07) is 63.7. The fourth-order valence-corrected chi connectivity index (χ4v) is 8.27. The highest BCUT2D eigenvalue weighted by atomic mass is 16.3. The van der Waals surface area contributed by atoms with E-state index in [9.17, 15) is 0 Å². The molecule has 0 fully saturated rings. The van der Waals surface area contributed by atoms with E-state index in [1.807, 2.05) is 12.1 Å². The van der Waals surface area contributed by atoms with Crippen molar-refractivity contribution < 1.29 is 4.42 Å². The number of furan rings is 1. The van der Waals surface area contributed by atoms with Crippen molar-refractivity contribution in [3.63, 3.8) is 0 Å². The lowest BCUT2D eigenvalue weighted by Gasteiger charge is -2.29. The molecule has 0 unspecified atom stereocenters. The van der Waals surface area contributed by atoms with Crippen LogP contribution in [0.25, 0.3) is 66.1 Å². The second kappa shape index (κ2) is 11.3. The van der Waals surface area contributed by atoms with Crippen LogP contribution >= 0.6 is 0 Å². The predicted octanol–water partition coefficient (Wildman–Crippen LogP) is 13.8. The zero-order valence-corrected chi connectivity index (χ0v) is 28.6. The lowest BCUT2D eigenvalue weighted by Crippen LogP contribution is -2.16. The van der Waals surface area contributed by atoms with E-state index in [-0.39, 0.29) is 5.41 Å². The zero-order chi connectivity index (χ0) is 34.1. The van der Waals surface area contributed by atoms with Crippen LogP contribution in [0.1, 0.15) is 25.0 Å². The van der Waals surface area contributed by atoms with E-state index < -0.39 is 0 Å². The van der Waals surface area contributed by atoms with E-state index in [2.05, 4.69) is 183 Å². The van der Waals surface area contributed by atoms with Gasteiger partial charge in [-0.2, -0.15) is 0 Å². The van der Waals surface area contributed by atoms with Crippen LogP contribution in [0.2, 0.25) is 0 Å². The fraction of sp³-hybridized carbons (Fsp3) is 0.0612. The highest BCUT2D eigenvalue weighted by Gasteiger charge is 2.36. The lowest BCUT2D eigenvalue weighted by molar-refractivity contribution is 0.660. The minimum Gasteiger partial charge on any atom is -0.455 e. The second-order valence-electron chi connectivity index (χ2n) is 14.1. The summed E-state index contributed by atoms with van der Waals surface area (Å²) in [6.07, 6.45) is 0. The number of para-hydroxylation sites is 2. The van der Waals surface area contributed by atoms with Gasteiger partial charge in [0, 0.05) is 38.5 Å². The molecule has 0 spiro atoms. The van der Waals surface area contributed by atoms with Crippen LogP contribution in [0, 0.1) is 0 Å². The van der Waals surface area contributed by atoms with Gasteiger partial charge in [0.15, 0.2) is 0 Å². The molecule has 1 heterocycles. The van der Waals surface area contributed by atoms with Crippen LogP contribution in [0.4, 0.5) is 17.1 Å². The Labute approximate surface area is 297 Å². The van der Waals surface area contributed by atoms with Gasteiger partial charge in [0.05, 0.1) is 5.69 Å². The van der Waals surface area contributed by atoms with Crippen molar-refractivity contribution >= 4 is 49.8 Å². The van der Waals surface area contributed by atoms with Crippen molar-refractivity contribution in [3.8, 4) is 33.4 Å². The molecule has 0 atom stereocenters. The quantitative estimate of drug-likeness (QED) is 0.184. The molecule has 1 aliphatic carbocycles. The topological polar surface area (TPSA) is 16.4 Å². The summed E-state index contributed by atoms with van der Waals surface area (Å²) in [5, 5.41) is 4.72. The number of anilines is 3. The summed E-state index contributed by atoms with van der Waals surface area (Å²) >= 11 is 0. The molecular formula is C49H35NO. The molecule has 242 valence electrons. The fourth-order valence-electron chi connectivity index (χ4n) is 8.27. The van der Waals surface area contributed by atoms with Gasteiger partial charge in [-0.3, -0.25) is 0 Å². The van der Waals surface area contributed by atoms with E-state index in [4.69, 9.17) is 4.42 Å². The number of benzene rings is 8.